The number of aliphatic hydroxyl groups excluding tert-OH is 1. The average Bonchev–Trinajstić information content (AvgIpc) is 2.23. The van der Waals surface area contributed by atoms with Crippen LogP contribution in [0.5, 0.6) is 5.75 Å². The maximum absolute atomic E-state index is 9.81. The lowest BCUT2D eigenvalue weighted by Gasteiger charge is -2.40. The fourth-order valence-electron chi connectivity index (χ4n) is 2.35. The Kier molecular flexibility index (Phi) is 3.32. The Labute approximate surface area is 101 Å². The molecule has 0 amide bonds. The summed E-state index contributed by atoms with van der Waals surface area (Å²) in [6, 6.07) is 7.14. The number of benzene rings is 1. The standard InChI is InChI=1S/C13H16N2O2/c1-9(16)6-15-7-11(8-15)13-10(5-14)3-2-4-12(13)17/h2-4,9,11,16-17H,6-8H2,1H3/t9-/m1/s1. The molecule has 0 aliphatic carbocycles. The summed E-state index contributed by atoms with van der Waals surface area (Å²) in [4.78, 5) is 2.11. The molecule has 1 atom stereocenters. The minimum Gasteiger partial charge on any atom is -0.508 e. The van der Waals surface area contributed by atoms with Crippen LogP contribution in [0.3, 0.4) is 0 Å². The lowest BCUT2D eigenvalue weighted by Crippen LogP contribution is -2.47. The minimum atomic E-state index is -0.337. The van der Waals surface area contributed by atoms with Gasteiger partial charge < -0.3 is 10.2 Å². The first-order chi connectivity index (χ1) is 8.11. The van der Waals surface area contributed by atoms with Crippen molar-refractivity contribution in [3.8, 4) is 11.8 Å². The van der Waals surface area contributed by atoms with E-state index in [1.54, 1.807) is 25.1 Å². The number of nitrogens with zero attached hydrogens (tertiary/aromatic N) is 2. The van der Waals surface area contributed by atoms with Gasteiger partial charge in [0.15, 0.2) is 0 Å². The van der Waals surface area contributed by atoms with E-state index in [1.807, 2.05) is 0 Å². The smallest absolute Gasteiger partial charge is 0.120 e. The summed E-state index contributed by atoms with van der Waals surface area (Å²) in [5.41, 5.74) is 1.29. The third kappa shape index (κ3) is 2.41. The van der Waals surface area contributed by atoms with Gasteiger partial charge in [-0.3, -0.25) is 4.90 Å². The maximum atomic E-state index is 9.81. The van der Waals surface area contributed by atoms with E-state index >= 15 is 0 Å². The molecule has 0 aromatic heterocycles. The Bertz CT molecular complexity index is 445. The molecule has 0 bridgehead atoms. The monoisotopic (exact) mass is 232 g/mol. The van der Waals surface area contributed by atoms with Crippen LogP contribution in [0.25, 0.3) is 0 Å². The number of likely N-dealkylation sites (tertiary alicyclic amines) is 1. The molecule has 1 saturated heterocycles. The highest BCUT2D eigenvalue weighted by Gasteiger charge is 2.31. The summed E-state index contributed by atoms with van der Waals surface area (Å²) in [6.07, 6.45) is -0.337. The first kappa shape index (κ1) is 11.9. The molecule has 1 aliphatic heterocycles. The van der Waals surface area contributed by atoms with Crippen LogP contribution in [0.4, 0.5) is 0 Å². The van der Waals surface area contributed by atoms with Gasteiger partial charge in [0, 0.05) is 31.1 Å². The normalized spacial score (nSPS) is 18.4. The SMILES string of the molecule is C[C@@H](O)CN1CC(c2c(O)cccc2C#N)C1. The molecule has 1 fully saturated rings. The fraction of sp³-hybridized carbons (Fsp3) is 0.462. The van der Waals surface area contributed by atoms with E-state index < -0.39 is 0 Å². The largest absolute Gasteiger partial charge is 0.508 e. The Hall–Kier alpha value is -1.57. The molecule has 0 radical (unpaired) electrons. The van der Waals surface area contributed by atoms with Gasteiger partial charge in [-0.05, 0) is 19.1 Å². The van der Waals surface area contributed by atoms with E-state index in [0.29, 0.717) is 12.1 Å². The summed E-state index contributed by atoms with van der Waals surface area (Å²) < 4.78 is 0. The second kappa shape index (κ2) is 4.74. The van der Waals surface area contributed by atoms with Crippen LogP contribution >= 0.6 is 0 Å². The van der Waals surface area contributed by atoms with Gasteiger partial charge in [0.05, 0.1) is 17.7 Å². The predicted octanol–water partition coefficient (Wildman–Crippen LogP) is 1.04. The zero-order valence-electron chi connectivity index (χ0n) is 9.80. The van der Waals surface area contributed by atoms with E-state index in [1.165, 1.54) is 0 Å². The molecule has 90 valence electrons. The highest BCUT2D eigenvalue weighted by atomic mass is 16.3. The fourth-order valence-corrected chi connectivity index (χ4v) is 2.35. The number of nitriles is 1. The van der Waals surface area contributed by atoms with E-state index in [-0.39, 0.29) is 17.8 Å². The van der Waals surface area contributed by atoms with Crippen molar-refractivity contribution in [2.45, 2.75) is 18.9 Å². The van der Waals surface area contributed by atoms with Crippen LogP contribution in [-0.4, -0.2) is 40.9 Å². The summed E-state index contributed by atoms with van der Waals surface area (Å²) in [7, 11) is 0. The van der Waals surface area contributed by atoms with Crippen molar-refractivity contribution in [2.75, 3.05) is 19.6 Å². The molecule has 0 saturated carbocycles. The molecular formula is C13H16N2O2. The second-order valence-corrected chi connectivity index (χ2v) is 4.61. The Balaban J connectivity index is 2.09. The highest BCUT2D eigenvalue weighted by Crippen LogP contribution is 2.35. The third-order valence-electron chi connectivity index (χ3n) is 3.09. The minimum absolute atomic E-state index is 0.199. The maximum Gasteiger partial charge on any atom is 0.120 e. The molecule has 1 aromatic carbocycles. The Morgan fingerprint density at radius 1 is 1.53 bits per heavy atom. The van der Waals surface area contributed by atoms with Gasteiger partial charge in [-0.1, -0.05) is 6.07 Å². The number of aromatic hydroxyl groups is 1. The number of phenolic OH excluding ortho intramolecular Hbond substituents is 1. The molecule has 1 aliphatic rings. The van der Waals surface area contributed by atoms with Gasteiger partial charge in [-0.2, -0.15) is 5.26 Å². The molecular weight excluding hydrogens is 216 g/mol. The molecule has 1 aromatic rings. The van der Waals surface area contributed by atoms with Crippen LogP contribution in [0, 0.1) is 11.3 Å². The lowest BCUT2D eigenvalue weighted by atomic mass is 9.87. The van der Waals surface area contributed by atoms with Crippen LogP contribution in [0.15, 0.2) is 18.2 Å². The van der Waals surface area contributed by atoms with Crippen LogP contribution in [0.1, 0.15) is 24.0 Å². The van der Waals surface area contributed by atoms with Crippen LogP contribution in [-0.2, 0) is 0 Å². The molecule has 0 spiro atoms. The van der Waals surface area contributed by atoms with E-state index in [0.717, 1.165) is 18.7 Å². The van der Waals surface area contributed by atoms with Gasteiger partial charge in [-0.25, -0.2) is 0 Å². The molecule has 2 N–H and O–H groups in total. The van der Waals surface area contributed by atoms with E-state index in [2.05, 4.69) is 11.0 Å². The summed E-state index contributed by atoms with van der Waals surface area (Å²) in [6.45, 7) is 3.98. The van der Waals surface area contributed by atoms with Gasteiger partial charge in [0.25, 0.3) is 0 Å². The number of phenols is 1. The number of hydrogen-bond acceptors (Lipinski definition) is 4. The first-order valence-electron chi connectivity index (χ1n) is 5.74. The third-order valence-corrected chi connectivity index (χ3v) is 3.09. The Morgan fingerprint density at radius 3 is 2.82 bits per heavy atom. The topological polar surface area (TPSA) is 67.5 Å². The van der Waals surface area contributed by atoms with Crippen molar-refractivity contribution in [1.82, 2.24) is 4.90 Å². The van der Waals surface area contributed by atoms with E-state index in [9.17, 15) is 10.2 Å². The molecule has 17 heavy (non-hydrogen) atoms. The zero-order chi connectivity index (χ0) is 12.4. The van der Waals surface area contributed by atoms with Gasteiger partial charge in [-0.15, -0.1) is 0 Å². The molecule has 0 unspecified atom stereocenters. The van der Waals surface area contributed by atoms with Crippen LogP contribution < -0.4 is 0 Å². The molecule has 1 heterocycles. The second-order valence-electron chi connectivity index (χ2n) is 4.61. The van der Waals surface area contributed by atoms with Crippen molar-refractivity contribution in [3.05, 3.63) is 29.3 Å². The van der Waals surface area contributed by atoms with Crippen LogP contribution in [0.2, 0.25) is 0 Å². The quantitative estimate of drug-likeness (QED) is 0.817. The van der Waals surface area contributed by atoms with Crippen molar-refractivity contribution in [1.29, 1.82) is 5.26 Å². The van der Waals surface area contributed by atoms with Crippen molar-refractivity contribution in [3.63, 3.8) is 0 Å². The number of aliphatic hydroxyl groups is 1. The average molecular weight is 232 g/mol. The van der Waals surface area contributed by atoms with Crippen molar-refractivity contribution >= 4 is 0 Å². The van der Waals surface area contributed by atoms with Gasteiger partial charge >= 0.3 is 0 Å². The summed E-state index contributed by atoms with van der Waals surface area (Å²) in [5, 5.41) is 28.1. The van der Waals surface area contributed by atoms with Gasteiger partial charge in [0.2, 0.25) is 0 Å². The summed E-state index contributed by atoms with van der Waals surface area (Å²) in [5.74, 6) is 0.398. The first-order valence-corrected chi connectivity index (χ1v) is 5.74. The van der Waals surface area contributed by atoms with Crippen molar-refractivity contribution in [2.24, 2.45) is 0 Å². The Morgan fingerprint density at radius 2 is 2.24 bits per heavy atom. The highest BCUT2D eigenvalue weighted by molar-refractivity contribution is 5.49. The number of hydrogen-bond donors (Lipinski definition) is 2. The zero-order valence-corrected chi connectivity index (χ0v) is 9.80. The predicted molar refractivity (Wildman–Crippen MR) is 63.7 cm³/mol. The van der Waals surface area contributed by atoms with Crippen molar-refractivity contribution < 1.29 is 10.2 Å². The van der Waals surface area contributed by atoms with Gasteiger partial charge in [0.1, 0.15) is 5.75 Å². The number of β-amino-alcohol motifs (C(OH)–C–C–N with tert-alkyl or cyclic N) is 1. The lowest BCUT2D eigenvalue weighted by molar-refractivity contribution is 0.0734. The summed E-state index contributed by atoms with van der Waals surface area (Å²) >= 11 is 0. The molecule has 4 heteroatoms. The van der Waals surface area contributed by atoms with E-state index in [4.69, 9.17) is 5.26 Å². The number of rotatable bonds is 3. The molecule has 4 nitrogen and oxygen atoms in total. The molecule has 2 rings (SSSR count).